The maximum absolute atomic E-state index is 13.7. The maximum atomic E-state index is 13.7. The minimum Gasteiger partial charge on any atom is -0.310 e. The molecule has 1 saturated heterocycles. The van der Waals surface area contributed by atoms with E-state index in [1.165, 1.54) is 5.56 Å². The van der Waals surface area contributed by atoms with Crippen molar-refractivity contribution in [3.8, 4) is 0 Å². The van der Waals surface area contributed by atoms with Crippen molar-refractivity contribution >= 4 is 12.4 Å². The second-order valence-electron chi connectivity index (χ2n) is 3.86. The van der Waals surface area contributed by atoms with Crippen LogP contribution in [0.25, 0.3) is 0 Å². The SMILES string of the molecule is Cc1ccccc1CC1(F)CNC1.Cl. The van der Waals surface area contributed by atoms with Crippen molar-refractivity contribution in [3.63, 3.8) is 0 Å². The predicted octanol–water partition coefficient (Wildman–Crippen LogP) is 2.27. The van der Waals surface area contributed by atoms with Gasteiger partial charge in [-0.25, -0.2) is 4.39 Å². The number of nitrogens with one attached hydrogen (secondary N) is 1. The molecule has 0 bridgehead atoms. The smallest absolute Gasteiger partial charge is 0.139 e. The molecule has 1 heterocycles. The lowest BCUT2D eigenvalue weighted by molar-refractivity contribution is 0.0910. The maximum Gasteiger partial charge on any atom is 0.139 e. The first-order chi connectivity index (χ1) is 6.20. The van der Waals surface area contributed by atoms with Crippen LogP contribution in [0, 0.1) is 6.92 Å². The van der Waals surface area contributed by atoms with E-state index < -0.39 is 5.67 Å². The molecule has 1 aliphatic rings. The molecule has 3 heteroatoms. The summed E-state index contributed by atoms with van der Waals surface area (Å²) in [6, 6.07) is 8.00. The van der Waals surface area contributed by atoms with Crippen LogP contribution in [0.1, 0.15) is 11.1 Å². The molecule has 0 amide bonds. The number of halogens is 2. The molecule has 1 nitrogen and oxygen atoms in total. The molecule has 0 saturated carbocycles. The average Bonchev–Trinajstić information content (AvgIpc) is 2.06. The second kappa shape index (κ2) is 4.28. The van der Waals surface area contributed by atoms with Crippen LogP contribution in [-0.2, 0) is 6.42 Å². The number of hydrogen-bond donors (Lipinski definition) is 1. The highest BCUT2D eigenvalue weighted by Crippen LogP contribution is 2.23. The van der Waals surface area contributed by atoms with E-state index in [0.29, 0.717) is 19.5 Å². The first-order valence-electron chi connectivity index (χ1n) is 4.64. The Labute approximate surface area is 90.1 Å². The first-order valence-corrected chi connectivity index (χ1v) is 4.64. The van der Waals surface area contributed by atoms with Gasteiger partial charge < -0.3 is 5.32 Å². The number of rotatable bonds is 2. The van der Waals surface area contributed by atoms with Crippen molar-refractivity contribution in [1.29, 1.82) is 0 Å². The zero-order valence-corrected chi connectivity index (χ0v) is 9.03. The van der Waals surface area contributed by atoms with Crippen LogP contribution in [0.5, 0.6) is 0 Å². The number of hydrogen-bond acceptors (Lipinski definition) is 1. The monoisotopic (exact) mass is 215 g/mol. The third-order valence-corrected chi connectivity index (χ3v) is 2.65. The molecule has 1 aliphatic heterocycles. The van der Waals surface area contributed by atoms with Gasteiger partial charge in [0.15, 0.2) is 0 Å². The zero-order valence-electron chi connectivity index (χ0n) is 8.22. The molecule has 1 aromatic rings. The summed E-state index contributed by atoms with van der Waals surface area (Å²) in [6.45, 7) is 3.04. The Morgan fingerprint density at radius 1 is 1.36 bits per heavy atom. The molecule has 0 unspecified atom stereocenters. The summed E-state index contributed by atoms with van der Waals surface area (Å²) in [5.41, 5.74) is 1.32. The molecule has 0 aromatic heterocycles. The van der Waals surface area contributed by atoms with Gasteiger partial charge in [-0.2, -0.15) is 0 Å². The highest BCUT2D eigenvalue weighted by Gasteiger charge is 2.36. The molecule has 1 aromatic carbocycles. The Kier molecular flexibility index (Phi) is 3.51. The van der Waals surface area contributed by atoms with Crippen LogP contribution < -0.4 is 5.32 Å². The zero-order chi connectivity index (χ0) is 9.31. The third-order valence-electron chi connectivity index (χ3n) is 2.65. The Morgan fingerprint density at radius 2 is 2.00 bits per heavy atom. The molecule has 78 valence electrons. The van der Waals surface area contributed by atoms with Crippen LogP contribution in [0.3, 0.4) is 0 Å². The standard InChI is InChI=1S/C11H14FN.ClH/c1-9-4-2-3-5-10(9)6-11(12)7-13-8-11;/h2-5,13H,6-8H2,1H3;1H. The van der Waals surface area contributed by atoms with E-state index in [2.05, 4.69) is 5.32 Å². The summed E-state index contributed by atoms with van der Waals surface area (Å²) in [5, 5.41) is 2.97. The quantitative estimate of drug-likeness (QED) is 0.798. The first kappa shape index (κ1) is 11.5. The predicted molar refractivity (Wildman–Crippen MR) is 58.8 cm³/mol. The van der Waals surface area contributed by atoms with Gasteiger partial charge in [-0.05, 0) is 18.1 Å². The molecule has 0 aliphatic carbocycles. The van der Waals surface area contributed by atoms with Crippen LogP contribution in [-0.4, -0.2) is 18.8 Å². The third kappa shape index (κ3) is 2.25. The molecule has 2 rings (SSSR count). The Bertz CT molecular complexity index is 310. The summed E-state index contributed by atoms with van der Waals surface area (Å²) in [7, 11) is 0. The summed E-state index contributed by atoms with van der Waals surface area (Å²) >= 11 is 0. The van der Waals surface area contributed by atoms with E-state index in [4.69, 9.17) is 0 Å². The van der Waals surface area contributed by atoms with Crippen molar-refractivity contribution in [3.05, 3.63) is 35.4 Å². The summed E-state index contributed by atoms with van der Waals surface area (Å²) in [6.07, 6.45) is 0.548. The highest BCUT2D eigenvalue weighted by molar-refractivity contribution is 5.85. The summed E-state index contributed by atoms with van der Waals surface area (Å²) in [5.74, 6) is 0. The van der Waals surface area contributed by atoms with Gasteiger partial charge in [0.05, 0.1) is 0 Å². The fourth-order valence-corrected chi connectivity index (χ4v) is 1.67. The van der Waals surface area contributed by atoms with E-state index in [-0.39, 0.29) is 12.4 Å². The van der Waals surface area contributed by atoms with Gasteiger partial charge in [0, 0.05) is 19.5 Å². The lowest BCUT2D eigenvalue weighted by Crippen LogP contribution is -2.57. The summed E-state index contributed by atoms with van der Waals surface area (Å²) < 4.78 is 13.7. The lowest BCUT2D eigenvalue weighted by Gasteiger charge is -2.35. The molecule has 14 heavy (non-hydrogen) atoms. The van der Waals surface area contributed by atoms with Crippen LogP contribution in [0.4, 0.5) is 4.39 Å². The topological polar surface area (TPSA) is 12.0 Å². The van der Waals surface area contributed by atoms with Gasteiger partial charge in [0.1, 0.15) is 5.67 Å². The fourth-order valence-electron chi connectivity index (χ4n) is 1.67. The van der Waals surface area contributed by atoms with Gasteiger partial charge in [-0.3, -0.25) is 0 Å². The molecular weight excluding hydrogens is 201 g/mol. The van der Waals surface area contributed by atoms with Crippen LogP contribution in [0.2, 0.25) is 0 Å². The van der Waals surface area contributed by atoms with Crippen molar-refractivity contribution in [2.24, 2.45) is 0 Å². The van der Waals surface area contributed by atoms with Gasteiger partial charge in [0.25, 0.3) is 0 Å². The Balaban J connectivity index is 0.000000980. The van der Waals surface area contributed by atoms with Crippen LogP contribution >= 0.6 is 12.4 Å². The van der Waals surface area contributed by atoms with Crippen molar-refractivity contribution in [2.45, 2.75) is 19.0 Å². The van der Waals surface area contributed by atoms with Gasteiger partial charge >= 0.3 is 0 Å². The van der Waals surface area contributed by atoms with Crippen molar-refractivity contribution in [1.82, 2.24) is 5.32 Å². The van der Waals surface area contributed by atoms with E-state index in [1.54, 1.807) is 0 Å². The largest absolute Gasteiger partial charge is 0.310 e. The molecule has 0 spiro atoms. The van der Waals surface area contributed by atoms with E-state index in [9.17, 15) is 4.39 Å². The van der Waals surface area contributed by atoms with Crippen LogP contribution in [0.15, 0.2) is 24.3 Å². The number of alkyl halides is 1. The summed E-state index contributed by atoms with van der Waals surface area (Å²) in [4.78, 5) is 0. The minimum absolute atomic E-state index is 0. The molecule has 0 atom stereocenters. The molecule has 1 fully saturated rings. The van der Waals surface area contributed by atoms with Crippen molar-refractivity contribution in [2.75, 3.05) is 13.1 Å². The van der Waals surface area contributed by atoms with Crippen molar-refractivity contribution < 1.29 is 4.39 Å². The van der Waals surface area contributed by atoms with Gasteiger partial charge in [-0.15, -0.1) is 12.4 Å². The lowest BCUT2D eigenvalue weighted by atomic mass is 9.89. The Morgan fingerprint density at radius 3 is 2.50 bits per heavy atom. The van der Waals surface area contributed by atoms with Gasteiger partial charge in [-0.1, -0.05) is 24.3 Å². The molecule has 0 radical (unpaired) electrons. The molecular formula is C11H15ClFN. The van der Waals surface area contributed by atoms with E-state index in [0.717, 1.165) is 5.56 Å². The minimum atomic E-state index is -0.994. The highest BCUT2D eigenvalue weighted by atomic mass is 35.5. The average molecular weight is 216 g/mol. The number of aryl methyl sites for hydroxylation is 1. The molecule has 1 N–H and O–H groups in total. The number of benzene rings is 1. The van der Waals surface area contributed by atoms with E-state index >= 15 is 0 Å². The van der Waals surface area contributed by atoms with E-state index in [1.807, 2.05) is 31.2 Å². The van der Waals surface area contributed by atoms with Gasteiger partial charge in [0.2, 0.25) is 0 Å². The fraction of sp³-hybridized carbons (Fsp3) is 0.455. The Hall–Kier alpha value is -0.600. The second-order valence-corrected chi connectivity index (χ2v) is 3.86. The normalized spacial score (nSPS) is 18.1.